The zero-order valence-electron chi connectivity index (χ0n) is 17.9. The van der Waals surface area contributed by atoms with E-state index in [1.807, 2.05) is 31.0 Å². The zero-order valence-corrected chi connectivity index (χ0v) is 17.9. The summed E-state index contributed by atoms with van der Waals surface area (Å²) in [6, 6.07) is 3.59. The highest BCUT2D eigenvalue weighted by molar-refractivity contribution is 5.91. The fourth-order valence-corrected chi connectivity index (χ4v) is 4.45. The number of carbonyl (C=O) groups excluding carboxylic acids is 1. The van der Waals surface area contributed by atoms with Crippen molar-refractivity contribution in [2.45, 2.75) is 45.4 Å². The third-order valence-corrected chi connectivity index (χ3v) is 6.02. The number of hydrogen-bond acceptors (Lipinski definition) is 8. The second-order valence-corrected chi connectivity index (χ2v) is 8.42. The maximum atomic E-state index is 12.9. The average Bonchev–Trinajstić information content (AvgIpc) is 3.55. The Morgan fingerprint density at radius 1 is 1.03 bits per heavy atom. The topological polar surface area (TPSA) is 101 Å². The third-order valence-electron chi connectivity index (χ3n) is 6.02. The van der Waals surface area contributed by atoms with Gasteiger partial charge in [-0.05, 0) is 39.5 Å². The van der Waals surface area contributed by atoms with E-state index in [9.17, 15) is 4.79 Å². The van der Waals surface area contributed by atoms with Gasteiger partial charge in [0.15, 0.2) is 5.76 Å². The Hall–Kier alpha value is -3.23. The van der Waals surface area contributed by atoms with Crippen LogP contribution in [0.2, 0.25) is 0 Å². The quantitative estimate of drug-likeness (QED) is 0.631. The van der Waals surface area contributed by atoms with Crippen molar-refractivity contribution in [2.75, 3.05) is 31.1 Å². The Kier molecular flexibility index (Phi) is 5.17. The van der Waals surface area contributed by atoms with Gasteiger partial charge in [0.05, 0.1) is 22.6 Å². The maximum Gasteiger partial charge on any atom is 0.292 e. The predicted molar refractivity (Wildman–Crippen MR) is 113 cm³/mol. The van der Waals surface area contributed by atoms with Gasteiger partial charge in [0, 0.05) is 50.4 Å². The van der Waals surface area contributed by atoms with Crippen molar-refractivity contribution in [3.8, 4) is 11.3 Å². The van der Waals surface area contributed by atoms with Crippen LogP contribution in [0.5, 0.6) is 0 Å². The molecule has 0 N–H and O–H groups in total. The molecule has 9 heteroatoms. The minimum atomic E-state index is -0.129. The van der Waals surface area contributed by atoms with Gasteiger partial charge >= 0.3 is 0 Å². The number of carbonyl (C=O) groups is 1. The number of anilines is 1. The van der Waals surface area contributed by atoms with E-state index in [0.29, 0.717) is 24.5 Å². The van der Waals surface area contributed by atoms with Crippen LogP contribution in [0.15, 0.2) is 27.4 Å². The van der Waals surface area contributed by atoms with Crippen molar-refractivity contribution in [1.82, 2.24) is 25.2 Å². The monoisotopic (exact) mass is 422 g/mol. The van der Waals surface area contributed by atoms with E-state index in [-0.39, 0.29) is 17.6 Å². The lowest BCUT2D eigenvalue weighted by Gasteiger charge is -2.32. The summed E-state index contributed by atoms with van der Waals surface area (Å²) in [6.45, 7) is 6.91. The van der Waals surface area contributed by atoms with E-state index in [1.165, 1.54) is 0 Å². The lowest BCUT2D eigenvalue weighted by atomic mass is 9.91. The van der Waals surface area contributed by atoms with Gasteiger partial charge in [0.25, 0.3) is 5.91 Å². The fraction of sp³-hybridized carbons (Fsp3) is 0.500. The summed E-state index contributed by atoms with van der Waals surface area (Å²) in [5, 5.41) is 7.89. The van der Waals surface area contributed by atoms with Gasteiger partial charge in [-0.1, -0.05) is 10.3 Å². The van der Waals surface area contributed by atoms with Crippen LogP contribution in [-0.2, 0) is 0 Å². The van der Waals surface area contributed by atoms with Crippen LogP contribution >= 0.6 is 0 Å². The molecule has 0 unspecified atom stereocenters. The molecule has 162 valence electrons. The minimum absolute atomic E-state index is 0.0754. The molecule has 0 aromatic carbocycles. The van der Waals surface area contributed by atoms with Crippen LogP contribution in [0.3, 0.4) is 0 Å². The Bertz CT molecular complexity index is 1080. The lowest BCUT2D eigenvalue weighted by Crippen LogP contribution is -2.39. The second kappa shape index (κ2) is 8.13. The van der Waals surface area contributed by atoms with Crippen molar-refractivity contribution < 1.29 is 13.8 Å². The van der Waals surface area contributed by atoms with Crippen LogP contribution in [0.4, 0.5) is 5.95 Å². The molecule has 5 heterocycles. The first-order chi connectivity index (χ1) is 15.1. The lowest BCUT2D eigenvalue weighted by molar-refractivity contribution is 0.0664. The van der Waals surface area contributed by atoms with Crippen LogP contribution in [0, 0.1) is 13.8 Å². The SMILES string of the molecule is Cc1cc(C(=O)N2CCC[C@@H](c3nc(N4CCCC4)ncc3-c3cc(C)no3)C2)on1. The van der Waals surface area contributed by atoms with E-state index in [2.05, 4.69) is 20.2 Å². The van der Waals surface area contributed by atoms with Crippen molar-refractivity contribution in [1.29, 1.82) is 0 Å². The number of hydrogen-bond donors (Lipinski definition) is 0. The summed E-state index contributed by atoms with van der Waals surface area (Å²) in [5.41, 5.74) is 3.27. The second-order valence-electron chi connectivity index (χ2n) is 8.42. The van der Waals surface area contributed by atoms with Gasteiger partial charge in [-0.25, -0.2) is 9.97 Å². The molecule has 3 aromatic rings. The summed E-state index contributed by atoms with van der Waals surface area (Å²) < 4.78 is 10.8. The van der Waals surface area contributed by atoms with E-state index < -0.39 is 0 Å². The summed E-state index contributed by atoms with van der Waals surface area (Å²) in [6.07, 6.45) is 5.99. The highest BCUT2D eigenvalue weighted by Gasteiger charge is 2.31. The van der Waals surface area contributed by atoms with Crippen LogP contribution < -0.4 is 4.90 Å². The summed E-state index contributed by atoms with van der Waals surface area (Å²) in [4.78, 5) is 26.6. The Morgan fingerprint density at radius 2 is 1.81 bits per heavy atom. The molecule has 5 rings (SSSR count). The number of aromatic nitrogens is 4. The number of aryl methyl sites for hydroxylation is 2. The highest BCUT2D eigenvalue weighted by Crippen LogP contribution is 2.35. The molecule has 0 spiro atoms. The largest absolute Gasteiger partial charge is 0.356 e. The molecule has 2 aliphatic rings. The predicted octanol–water partition coefficient (Wildman–Crippen LogP) is 3.36. The van der Waals surface area contributed by atoms with Crippen molar-refractivity contribution in [2.24, 2.45) is 0 Å². The molecule has 2 aliphatic heterocycles. The molecule has 0 radical (unpaired) electrons. The van der Waals surface area contributed by atoms with Crippen molar-refractivity contribution >= 4 is 11.9 Å². The molecule has 0 bridgehead atoms. The number of rotatable bonds is 4. The zero-order chi connectivity index (χ0) is 21.4. The Balaban J connectivity index is 1.47. The van der Waals surface area contributed by atoms with Crippen LogP contribution in [0.1, 0.15) is 59.2 Å². The summed E-state index contributed by atoms with van der Waals surface area (Å²) in [5.74, 6) is 1.64. The molecule has 0 saturated carbocycles. The molecule has 2 saturated heterocycles. The van der Waals surface area contributed by atoms with E-state index in [0.717, 1.165) is 61.7 Å². The Labute approximate surface area is 180 Å². The van der Waals surface area contributed by atoms with Gasteiger partial charge in [-0.3, -0.25) is 4.79 Å². The van der Waals surface area contributed by atoms with Gasteiger partial charge < -0.3 is 18.8 Å². The average molecular weight is 422 g/mol. The van der Waals surface area contributed by atoms with Gasteiger partial charge in [-0.15, -0.1) is 0 Å². The Morgan fingerprint density at radius 3 is 2.52 bits per heavy atom. The molecule has 1 atom stereocenters. The van der Waals surface area contributed by atoms with Crippen molar-refractivity contribution in [3.63, 3.8) is 0 Å². The van der Waals surface area contributed by atoms with E-state index in [1.54, 1.807) is 6.07 Å². The highest BCUT2D eigenvalue weighted by atomic mass is 16.5. The number of amides is 1. The first-order valence-corrected chi connectivity index (χ1v) is 10.9. The molecular formula is C22H26N6O3. The summed E-state index contributed by atoms with van der Waals surface area (Å²) in [7, 11) is 0. The molecule has 9 nitrogen and oxygen atoms in total. The van der Waals surface area contributed by atoms with Crippen molar-refractivity contribution in [3.05, 3.63) is 41.2 Å². The van der Waals surface area contributed by atoms with E-state index >= 15 is 0 Å². The standard InChI is InChI=1S/C22H26N6O3/c1-14-10-18(30-25-14)17-12-23-22(27-7-3-4-8-27)24-20(17)16-6-5-9-28(13-16)21(29)19-11-15(2)26-31-19/h10-12,16H,3-9,13H2,1-2H3/t16-/m1/s1. The molecule has 3 aromatic heterocycles. The number of likely N-dealkylation sites (tertiary alicyclic amines) is 1. The molecule has 1 amide bonds. The summed E-state index contributed by atoms with van der Waals surface area (Å²) >= 11 is 0. The van der Waals surface area contributed by atoms with Crippen LogP contribution in [0.25, 0.3) is 11.3 Å². The maximum absolute atomic E-state index is 12.9. The number of nitrogens with zero attached hydrogens (tertiary/aromatic N) is 6. The molecular weight excluding hydrogens is 396 g/mol. The van der Waals surface area contributed by atoms with Crippen LogP contribution in [-0.4, -0.2) is 57.3 Å². The normalized spacial score (nSPS) is 19.2. The van der Waals surface area contributed by atoms with Gasteiger partial charge in [0.1, 0.15) is 0 Å². The first-order valence-electron chi connectivity index (χ1n) is 10.9. The molecule has 31 heavy (non-hydrogen) atoms. The van der Waals surface area contributed by atoms with Gasteiger partial charge in [0.2, 0.25) is 11.7 Å². The van der Waals surface area contributed by atoms with Gasteiger partial charge in [-0.2, -0.15) is 0 Å². The first kappa shape index (κ1) is 19.7. The molecule has 0 aliphatic carbocycles. The number of piperidine rings is 1. The van der Waals surface area contributed by atoms with E-state index in [4.69, 9.17) is 14.0 Å². The minimum Gasteiger partial charge on any atom is -0.356 e. The fourth-order valence-electron chi connectivity index (χ4n) is 4.45. The molecule has 2 fully saturated rings. The smallest absolute Gasteiger partial charge is 0.292 e. The third kappa shape index (κ3) is 3.92.